The molecule has 0 amide bonds. The van der Waals surface area contributed by atoms with Crippen molar-refractivity contribution in [1.82, 2.24) is 4.90 Å². The number of nitrogens with zero attached hydrogens (tertiary/aromatic N) is 1. The molecular formula is C12H16FNO2. The fourth-order valence-electron chi connectivity index (χ4n) is 1.54. The van der Waals surface area contributed by atoms with E-state index < -0.39 is 11.8 Å². The zero-order chi connectivity index (χ0) is 12.1. The maximum atomic E-state index is 13.4. The van der Waals surface area contributed by atoms with Crippen LogP contribution in [-0.2, 0) is 6.54 Å². The van der Waals surface area contributed by atoms with Gasteiger partial charge in [-0.05, 0) is 30.8 Å². The number of rotatable bonds is 5. The van der Waals surface area contributed by atoms with Crippen LogP contribution in [0.1, 0.15) is 29.8 Å². The smallest absolute Gasteiger partial charge is 0.338 e. The molecule has 0 aliphatic heterocycles. The predicted molar refractivity (Wildman–Crippen MR) is 60.0 cm³/mol. The Labute approximate surface area is 94.5 Å². The standard InChI is InChI=1S/C12H16FNO2/c1-3-14(4-2)8-9-5-6-10(12(15)16)11(13)7-9/h5-7H,3-4,8H2,1-2H3,(H,15,16). The van der Waals surface area contributed by atoms with Crippen LogP contribution in [0.3, 0.4) is 0 Å². The summed E-state index contributed by atoms with van der Waals surface area (Å²) in [5.41, 5.74) is 0.523. The summed E-state index contributed by atoms with van der Waals surface area (Å²) in [7, 11) is 0. The summed E-state index contributed by atoms with van der Waals surface area (Å²) >= 11 is 0. The first-order chi connectivity index (χ1) is 7.58. The fraction of sp³-hybridized carbons (Fsp3) is 0.417. The van der Waals surface area contributed by atoms with Crippen molar-refractivity contribution in [3.8, 4) is 0 Å². The van der Waals surface area contributed by atoms with Gasteiger partial charge in [-0.1, -0.05) is 19.9 Å². The first kappa shape index (κ1) is 12.6. The summed E-state index contributed by atoms with van der Waals surface area (Å²) in [6.45, 7) is 6.48. The second-order valence-corrected chi connectivity index (χ2v) is 3.58. The minimum Gasteiger partial charge on any atom is -0.478 e. The van der Waals surface area contributed by atoms with Crippen molar-refractivity contribution < 1.29 is 14.3 Å². The van der Waals surface area contributed by atoms with Gasteiger partial charge in [0.1, 0.15) is 5.82 Å². The van der Waals surface area contributed by atoms with Crippen molar-refractivity contribution in [2.45, 2.75) is 20.4 Å². The lowest BCUT2D eigenvalue weighted by molar-refractivity contribution is 0.0692. The number of carbonyl (C=O) groups is 1. The Hall–Kier alpha value is -1.42. The molecule has 88 valence electrons. The van der Waals surface area contributed by atoms with E-state index in [-0.39, 0.29) is 5.56 Å². The Morgan fingerprint density at radius 2 is 2.00 bits per heavy atom. The van der Waals surface area contributed by atoms with Crippen molar-refractivity contribution in [3.05, 3.63) is 35.1 Å². The van der Waals surface area contributed by atoms with Crippen molar-refractivity contribution in [2.75, 3.05) is 13.1 Å². The van der Waals surface area contributed by atoms with Gasteiger partial charge in [-0.15, -0.1) is 0 Å². The number of carboxylic acid groups (broad SMARTS) is 1. The molecule has 0 heterocycles. The first-order valence-electron chi connectivity index (χ1n) is 5.32. The number of halogens is 1. The summed E-state index contributed by atoms with van der Waals surface area (Å²) in [4.78, 5) is 12.8. The van der Waals surface area contributed by atoms with Crippen LogP contribution in [0.4, 0.5) is 4.39 Å². The van der Waals surface area contributed by atoms with Crippen LogP contribution < -0.4 is 0 Å². The third kappa shape index (κ3) is 3.03. The van der Waals surface area contributed by atoms with Crippen LogP contribution in [0.2, 0.25) is 0 Å². The van der Waals surface area contributed by atoms with Crippen molar-refractivity contribution in [2.24, 2.45) is 0 Å². The minimum atomic E-state index is -1.23. The minimum absolute atomic E-state index is 0.275. The second-order valence-electron chi connectivity index (χ2n) is 3.58. The number of benzene rings is 1. The maximum Gasteiger partial charge on any atom is 0.338 e. The molecule has 0 fully saturated rings. The van der Waals surface area contributed by atoms with E-state index in [1.165, 1.54) is 12.1 Å². The van der Waals surface area contributed by atoms with E-state index in [9.17, 15) is 9.18 Å². The molecule has 1 rings (SSSR count). The van der Waals surface area contributed by atoms with Crippen molar-refractivity contribution in [3.63, 3.8) is 0 Å². The van der Waals surface area contributed by atoms with Crippen LogP contribution in [0.15, 0.2) is 18.2 Å². The van der Waals surface area contributed by atoms with Gasteiger partial charge in [0.25, 0.3) is 0 Å². The molecule has 1 aromatic carbocycles. The monoisotopic (exact) mass is 225 g/mol. The van der Waals surface area contributed by atoms with Gasteiger partial charge in [-0.3, -0.25) is 4.90 Å². The lowest BCUT2D eigenvalue weighted by Gasteiger charge is -2.18. The van der Waals surface area contributed by atoms with Gasteiger partial charge in [0, 0.05) is 6.54 Å². The number of hydrogen-bond acceptors (Lipinski definition) is 2. The van der Waals surface area contributed by atoms with Gasteiger partial charge >= 0.3 is 5.97 Å². The summed E-state index contributed by atoms with van der Waals surface area (Å²) in [6, 6.07) is 4.27. The molecule has 0 unspecified atom stereocenters. The third-order valence-electron chi connectivity index (χ3n) is 2.56. The molecule has 16 heavy (non-hydrogen) atoms. The Kier molecular flexibility index (Phi) is 4.43. The van der Waals surface area contributed by atoms with E-state index in [4.69, 9.17) is 5.11 Å². The Balaban J connectivity index is 2.84. The van der Waals surface area contributed by atoms with Crippen LogP contribution >= 0.6 is 0 Å². The topological polar surface area (TPSA) is 40.5 Å². The van der Waals surface area contributed by atoms with Crippen LogP contribution in [0, 0.1) is 5.82 Å². The van der Waals surface area contributed by atoms with E-state index in [2.05, 4.69) is 4.90 Å². The molecule has 0 atom stereocenters. The van der Waals surface area contributed by atoms with Gasteiger partial charge in [-0.25, -0.2) is 9.18 Å². The zero-order valence-electron chi connectivity index (χ0n) is 9.53. The highest BCUT2D eigenvalue weighted by Crippen LogP contribution is 2.12. The maximum absolute atomic E-state index is 13.4. The van der Waals surface area contributed by atoms with Crippen molar-refractivity contribution in [1.29, 1.82) is 0 Å². The molecule has 0 bridgehead atoms. The largest absolute Gasteiger partial charge is 0.478 e. The Morgan fingerprint density at radius 3 is 2.44 bits per heavy atom. The molecule has 0 aromatic heterocycles. The molecule has 0 radical (unpaired) electrons. The van der Waals surface area contributed by atoms with Gasteiger partial charge < -0.3 is 5.11 Å². The predicted octanol–water partition coefficient (Wildman–Crippen LogP) is 2.37. The fourth-order valence-corrected chi connectivity index (χ4v) is 1.54. The number of aromatic carboxylic acids is 1. The zero-order valence-corrected chi connectivity index (χ0v) is 9.53. The second kappa shape index (κ2) is 5.61. The molecule has 0 saturated carbocycles. The Bertz CT molecular complexity index is 375. The Morgan fingerprint density at radius 1 is 1.38 bits per heavy atom. The van der Waals surface area contributed by atoms with Gasteiger partial charge in [0.2, 0.25) is 0 Å². The van der Waals surface area contributed by atoms with Crippen molar-refractivity contribution >= 4 is 5.97 Å². The molecule has 1 aromatic rings. The van der Waals surface area contributed by atoms with Crippen LogP contribution in [-0.4, -0.2) is 29.1 Å². The average molecular weight is 225 g/mol. The number of hydrogen-bond donors (Lipinski definition) is 1. The van der Waals surface area contributed by atoms with E-state index in [1.54, 1.807) is 6.07 Å². The molecule has 0 spiro atoms. The highest BCUT2D eigenvalue weighted by molar-refractivity contribution is 5.87. The first-order valence-corrected chi connectivity index (χ1v) is 5.32. The van der Waals surface area contributed by atoms with E-state index in [0.29, 0.717) is 6.54 Å². The highest BCUT2D eigenvalue weighted by atomic mass is 19.1. The van der Waals surface area contributed by atoms with E-state index in [1.807, 2.05) is 13.8 Å². The molecular weight excluding hydrogens is 209 g/mol. The van der Waals surface area contributed by atoms with Gasteiger partial charge in [0.15, 0.2) is 0 Å². The summed E-state index contributed by atoms with van der Waals surface area (Å²) < 4.78 is 13.4. The van der Waals surface area contributed by atoms with Crippen LogP contribution in [0.25, 0.3) is 0 Å². The third-order valence-corrected chi connectivity index (χ3v) is 2.56. The lowest BCUT2D eigenvalue weighted by Crippen LogP contribution is -2.22. The molecule has 1 N–H and O–H groups in total. The molecule has 0 aliphatic carbocycles. The summed E-state index contributed by atoms with van der Waals surface area (Å²) in [5, 5.41) is 8.68. The van der Waals surface area contributed by atoms with Gasteiger partial charge in [0.05, 0.1) is 5.56 Å². The summed E-state index contributed by atoms with van der Waals surface area (Å²) in [6.07, 6.45) is 0. The SMILES string of the molecule is CCN(CC)Cc1ccc(C(=O)O)c(F)c1. The molecule has 0 aliphatic rings. The molecule has 4 heteroatoms. The highest BCUT2D eigenvalue weighted by Gasteiger charge is 2.11. The normalized spacial score (nSPS) is 10.8. The lowest BCUT2D eigenvalue weighted by atomic mass is 10.1. The van der Waals surface area contributed by atoms with Crippen LogP contribution in [0.5, 0.6) is 0 Å². The molecule has 0 saturated heterocycles. The summed E-state index contributed by atoms with van der Waals surface area (Å²) in [5.74, 6) is -1.90. The molecule has 3 nitrogen and oxygen atoms in total. The quantitative estimate of drug-likeness (QED) is 0.836. The number of carboxylic acids is 1. The van der Waals surface area contributed by atoms with E-state index >= 15 is 0 Å². The van der Waals surface area contributed by atoms with Gasteiger partial charge in [-0.2, -0.15) is 0 Å². The van der Waals surface area contributed by atoms with E-state index in [0.717, 1.165) is 18.7 Å². The average Bonchev–Trinajstić information content (AvgIpc) is 2.25.